The molecule has 0 aromatic rings. The van der Waals surface area contributed by atoms with Crippen LogP contribution in [0.25, 0.3) is 0 Å². The zero-order chi connectivity index (χ0) is 10.6. The average molecular weight is 196 g/mol. The van der Waals surface area contributed by atoms with Gasteiger partial charge < -0.3 is 0 Å². The van der Waals surface area contributed by atoms with E-state index in [4.69, 9.17) is 9.78 Å². The van der Waals surface area contributed by atoms with Crippen LogP contribution in [0, 0.1) is 17.3 Å². The quantitative estimate of drug-likeness (QED) is 0.384. The van der Waals surface area contributed by atoms with Gasteiger partial charge in [0.25, 0.3) is 0 Å². The van der Waals surface area contributed by atoms with Gasteiger partial charge in [-0.2, -0.15) is 0 Å². The molecule has 0 aromatic heterocycles. The number of hydrogen-bond acceptors (Lipinski definition) is 2. The topological polar surface area (TPSA) is 18.5 Å². The van der Waals surface area contributed by atoms with Crippen molar-refractivity contribution in [1.29, 1.82) is 0 Å². The first-order valence-electron chi connectivity index (χ1n) is 5.43. The lowest BCUT2D eigenvalue weighted by Crippen LogP contribution is -2.31. The van der Waals surface area contributed by atoms with Gasteiger partial charge in [0.2, 0.25) is 0 Å². The minimum Gasteiger partial charge on any atom is -0.232 e. The maximum atomic E-state index is 5.14. The molecule has 0 aliphatic carbocycles. The van der Waals surface area contributed by atoms with Gasteiger partial charge in [0, 0.05) is 6.42 Å². The molecule has 0 amide bonds. The lowest BCUT2D eigenvalue weighted by molar-refractivity contribution is -0.290. The van der Waals surface area contributed by atoms with Gasteiger partial charge in [0.05, 0.1) is 5.41 Å². The fourth-order valence-corrected chi connectivity index (χ4v) is 1.42. The number of unbranched alkanes of at least 4 members (excludes halogenated alkanes) is 2. The van der Waals surface area contributed by atoms with E-state index >= 15 is 0 Å². The predicted octanol–water partition coefficient (Wildman–Crippen LogP) is 2.93. The van der Waals surface area contributed by atoms with Gasteiger partial charge >= 0.3 is 0 Å². The first kappa shape index (κ1) is 11.6. The fourth-order valence-electron chi connectivity index (χ4n) is 1.42. The SMILES string of the molecule is CCCCC#CC1(C)C(C)OOC1C. The van der Waals surface area contributed by atoms with Crippen molar-refractivity contribution >= 4 is 0 Å². The Morgan fingerprint density at radius 1 is 1.21 bits per heavy atom. The van der Waals surface area contributed by atoms with Gasteiger partial charge in [0.15, 0.2) is 0 Å². The number of hydrogen-bond donors (Lipinski definition) is 0. The lowest BCUT2D eigenvalue weighted by atomic mass is 9.81. The molecule has 2 atom stereocenters. The van der Waals surface area contributed by atoms with Gasteiger partial charge in [-0.15, -0.1) is 5.92 Å². The molecule has 1 heterocycles. The molecule has 1 aliphatic heterocycles. The zero-order valence-electron chi connectivity index (χ0n) is 9.59. The molecule has 1 saturated heterocycles. The van der Waals surface area contributed by atoms with E-state index in [2.05, 4.69) is 25.7 Å². The molecule has 0 bridgehead atoms. The Kier molecular flexibility index (Phi) is 3.97. The molecule has 1 aliphatic rings. The summed E-state index contributed by atoms with van der Waals surface area (Å²) in [5, 5.41) is 0. The van der Waals surface area contributed by atoms with Crippen molar-refractivity contribution in [2.45, 2.75) is 59.2 Å². The summed E-state index contributed by atoms with van der Waals surface area (Å²) in [5.41, 5.74) is -0.145. The summed E-state index contributed by atoms with van der Waals surface area (Å²) in [7, 11) is 0. The summed E-state index contributed by atoms with van der Waals surface area (Å²) in [6.45, 7) is 8.31. The third kappa shape index (κ3) is 2.29. The van der Waals surface area contributed by atoms with Crippen molar-refractivity contribution in [3.05, 3.63) is 0 Å². The minimum absolute atomic E-state index is 0.0617. The summed E-state index contributed by atoms with van der Waals surface area (Å²) in [4.78, 5) is 10.3. The molecule has 0 spiro atoms. The highest BCUT2D eigenvalue weighted by molar-refractivity contribution is 5.16. The monoisotopic (exact) mass is 196 g/mol. The molecule has 1 rings (SSSR count). The summed E-state index contributed by atoms with van der Waals surface area (Å²) < 4.78 is 0. The Hall–Kier alpha value is -0.520. The summed E-state index contributed by atoms with van der Waals surface area (Å²) in [6.07, 6.45) is 3.47. The standard InChI is InChI=1S/C12H20O2/c1-5-6-7-8-9-12(4)10(2)13-14-11(12)3/h10-11H,5-7H2,1-4H3. The van der Waals surface area contributed by atoms with E-state index in [1.165, 1.54) is 12.8 Å². The Morgan fingerprint density at radius 2 is 1.79 bits per heavy atom. The van der Waals surface area contributed by atoms with Gasteiger partial charge in [0.1, 0.15) is 12.2 Å². The van der Waals surface area contributed by atoms with Crippen molar-refractivity contribution in [2.24, 2.45) is 5.41 Å². The lowest BCUT2D eigenvalue weighted by Gasteiger charge is -2.21. The summed E-state index contributed by atoms with van der Waals surface area (Å²) in [6, 6.07) is 0. The normalized spacial score (nSPS) is 36.6. The minimum atomic E-state index is -0.145. The third-order valence-electron chi connectivity index (χ3n) is 3.05. The van der Waals surface area contributed by atoms with Crippen LogP contribution in [0.5, 0.6) is 0 Å². The maximum Gasteiger partial charge on any atom is 0.109 e. The van der Waals surface area contributed by atoms with E-state index in [0.717, 1.165) is 6.42 Å². The molecule has 1 fully saturated rings. The third-order valence-corrected chi connectivity index (χ3v) is 3.05. The molecular weight excluding hydrogens is 176 g/mol. The van der Waals surface area contributed by atoms with Gasteiger partial charge in [-0.3, -0.25) is 0 Å². The van der Waals surface area contributed by atoms with Gasteiger partial charge in [-0.25, -0.2) is 9.78 Å². The second-order valence-electron chi connectivity index (χ2n) is 4.16. The Balaban J connectivity index is 2.58. The second kappa shape index (κ2) is 4.82. The molecule has 0 radical (unpaired) electrons. The molecule has 80 valence electrons. The van der Waals surface area contributed by atoms with Gasteiger partial charge in [-0.05, 0) is 27.2 Å². The number of rotatable bonds is 2. The van der Waals surface area contributed by atoms with Crippen LogP contribution in [0.3, 0.4) is 0 Å². The van der Waals surface area contributed by atoms with Crippen molar-refractivity contribution in [2.75, 3.05) is 0 Å². The van der Waals surface area contributed by atoms with E-state index in [9.17, 15) is 0 Å². The molecule has 14 heavy (non-hydrogen) atoms. The van der Waals surface area contributed by atoms with E-state index in [-0.39, 0.29) is 17.6 Å². The zero-order valence-corrected chi connectivity index (χ0v) is 9.59. The van der Waals surface area contributed by atoms with Crippen molar-refractivity contribution in [3.8, 4) is 11.8 Å². The molecule has 0 N–H and O–H groups in total. The first-order chi connectivity index (χ1) is 6.61. The largest absolute Gasteiger partial charge is 0.232 e. The molecular formula is C12H20O2. The summed E-state index contributed by atoms with van der Waals surface area (Å²) in [5.74, 6) is 6.51. The summed E-state index contributed by atoms with van der Waals surface area (Å²) >= 11 is 0. The van der Waals surface area contributed by atoms with E-state index in [0.29, 0.717) is 0 Å². The Bertz CT molecular complexity index is 226. The van der Waals surface area contributed by atoms with Crippen LogP contribution < -0.4 is 0 Å². The molecule has 0 saturated carbocycles. The fraction of sp³-hybridized carbons (Fsp3) is 0.833. The predicted molar refractivity (Wildman–Crippen MR) is 56.5 cm³/mol. The van der Waals surface area contributed by atoms with Gasteiger partial charge in [-0.1, -0.05) is 19.3 Å². The van der Waals surface area contributed by atoms with E-state index in [1.807, 2.05) is 13.8 Å². The average Bonchev–Trinajstić information content (AvgIpc) is 2.42. The van der Waals surface area contributed by atoms with Crippen LogP contribution in [0.2, 0.25) is 0 Å². The highest BCUT2D eigenvalue weighted by Crippen LogP contribution is 2.36. The van der Waals surface area contributed by atoms with Crippen LogP contribution in [0.1, 0.15) is 47.0 Å². The molecule has 2 nitrogen and oxygen atoms in total. The van der Waals surface area contributed by atoms with E-state index in [1.54, 1.807) is 0 Å². The highest BCUT2D eigenvalue weighted by atomic mass is 17.2. The van der Waals surface area contributed by atoms with Crippen molar-refractivity contribution < 1.29 is 9.78 Å². The highest BCUT2D eigenvalue weighted by Gasteiger charge is 2.44. The first-order valence-corrected chi connectivity index (χ1v) is 5.43. The van der Waals surface area contributed by atoms with Crippen molar-refractivity contribution in [3.63, 3.8) is 0 Å². The Labute approximate surface area is 86.9 Å². The van der Waals surface area contributed by atoms with Crippen LogP contribution in [-0.4, -0.2) is 12.2 Å². The molecule has 2 unspecified atom stereocenters. The molecule has 2 heteroatoms. The van der Waals surface area contributed by atoms with Crippen LogP contribution in [0.4, 0.5) is 0 Å². The molecule has 0 aromatic carbocycles. The smallest absolute Gasteiger partial charge is 0.109 e. The maximum absolute atomic E-state index is 5.14. The van der Waals surface area contributed by atoms with Crippen LogP contribution in [-0.2, 0) is 9.78 Å². The van der Waals surface area contributed by atoms with Crippen molar-refractivity contribution in [1.82, 2.24) is 0 Å². The van der Waals surface area contributed by atoms with Crippen LogP contribution >= 0.6 is 0 Å². The van der Waals surface area contributed by atoms with E-state index < -0.39 is 0 Å². The second-order valence-corrected chi connectivity index (χ2v) is 4.16. The van der Waals surface area contributed by atoms with Crippen LogP contribution in [0.15, 0.2) is 0 Å². The Morgan fingerprint density at radius 3 is 2.29 bits per heavy atom.